The van der Waals surface area contributed by atoms with Gasteiger partial charge in [0, 0.05) is 45.2 Å². The van der Waals surface area contributed by atoms with E-state index < -0.39 is 58.9 Å². The Kier molecular flexibility index (Phi) is 9.02. The number of aliphatic hydroxyl groups is 4. The van der Waals surface area contributed by atoms with Crippen molar-refractivity contribution in [3.05, 3.63) is 36.0 Å². The molecule has 2 saturated heterocycles. The second kappa shape index (κ2) is 11.9. The number of carbonyl (C=O) groups is 1. The Balaban J connectivity index is 1.63. The second-order valence-electron chi connectivity index (χ2n) is 9.49. The highest BCUT2D eigenvalue weighted by atomic mass is 32.2. The van der Waals surface area contributed by atoms with Gasteiger partial charge in [-0.2, -0.15) is 0 Å². The molecule has 0 saturated carbocycles. The predicted molar refractivity (Wildman–Crippen MR) is 132 cm³/mol. The number of halogens is 2. The van der Waals surface area contributed by atoms with E-state index in [1.54, 1.807) is 14.0 Å². The highest BCUT2D eigenvalue weighted by Gasteiger charge is 2.51. The van der Waals surface area contributed by atoms with Gasteiger partial charge in [0.2, 0.25) is 5.91 Å². The van der Waals surface area contributed by atoms with Crippen LogP contribution in [0.15, 0.2) is 24.4 Å². The lowest BCUT2D eigenvalue weighted by molar-refractivity contribution is -0.179. The summed E-state index contributed by atoms with van der Waals surface area (Å²) in [5.41, 5.74) is -2.19. The Morgan fingerprint density at radius 3 is 2.61 bits per heavy atom. The fourth-order valence-corrected chi connectivity index (χ4v) is 6.18. The summed E-state index contributed by atoms with van der Waals surface area (Å²) in [6.07, 6.45) is -2.28. The molecule has 2 fully saturated rings. The van der Waals surface area contributed by atoms with Crippen LogP contribution in [-0.2, 0) is 14.3 Å². The molecule has 6 atom stereocenters. The van der Waals surface area contributed by atoms with E-state index in [-0.39, 0.29) is 43.2 Å². The van der Waals surface area contributed by atoms with Gasteiger partial charge in [0.25, 0.3) is 0 Å². The van der Waals surface area contributed by atoms with Crippen molar-refractivity contribution in [3.63, 3.8) is 0 Å². The SMILES string of the molecule is CCN(C)C(=O)C(S[C@@H]1O[C@H](CO)[C@H](O)[C@H](n2cc(-c3ccc(F)c(F)c3)nn2)[C@H]1O)C1(O)CCOCC1. The van der Waals surface area contributed by atoms with Gasteiger partial charge in [-0.25, -0.2) is 13.5 Å². The summed E-state index contributed by atoms with van der Waals surface area (Å²) >= 11 is 0.913. The average molecular weight is 559 g/mol. The number of hydrogen-bond donors (Lipinski definition) is 4. The van der Waals surface area contributed by atoms with Crippen LogP contribution in [0.1, 0.15) is 25.8 Å². The van der Waals surface area contributed by atoms with E-state index in [2.05, 4.69) is 10.3 Å². The van der Waals surface area contributed by atoms with Crippen LogP contribution in [0.5, 0.6) is 0 Å². The van der Waals surface area contributed by atoms with Crippen molar-refractivity contribution in [1.29, 1.82) is 0 Å². The van der Waals surface area contributed by atoms with E-state index in [4.69, 9.17) is 9.47 Å². The maximum atomic E-state index is 13.7. The Labute approximate surface area is 222 Å². The van der Waals surface area contributed by atoms with Gasteiger partial charge in [0.1, 0.15) is 40.7 Å². The summed E-state index contributed by atoms with van der Waals surface area (Å²) in [4.78, 5) is 14.8. The fourth-order valence-electron chi connectivity index (χ4n) is 4.59. The van der Waals surface area contributed by atoms with E-state index in [0.717, 1.165) is 23.9 Å². The van der Waals surface area contributed by atoms with Crippen molar-refractivity contribution in [3.8, 4) is 11.3 Å². The zero-order chi connectivity index (χ0) is 27.6. The normalized spacial score (nSPS) is 28.2. The van der Waals surface area contributed by atoms with E-state index in [1.165, 1.54) is 21.8 Å². The van der Waals surface area contributed by atoms with Gasteiger partial charge < -0.3 is 34.8 Å². The van der Waals surface area contributed by atoms with Gasteiger partial charge in [-0.05, 0) is 25.1 Å². The summed E-state index contributed by atoms with van der Waals surface area (Å²) < 4.78 is 39.4. The molecule has 0 spiro atoms. The van der Waals surface area contributed by atoms with Crippen LogP contribution in [0.2, 0.25) is 0 Å². The van der Waals surface area contributed by atoms with Crippen LogP contribution in [-0.4, -0.2) is 114 Å². The summed E-state index contributed by atoms with van der Waals surface area (Å²) in [5, 5.41) is 50.5. The van der Waals surface area contributed by atoms with Gasteiger partial charge in [-0.1, -0.05) is 5.21 Å². The first-order chi connectivity index (χ1) is 18.1. The Morgan fingerprint density at radius 1 is 1.26 bits per heavy atom. The number of carbonyl (C=O) groups excluding carboxylic acids is 1. The highest BCUT2D eigenvalue weighted by Crippen LogP contribution is 2.42. The molecular weight excluding hydrogens is 526 g/mol. The smallest absolute Gasteiger partial charge is 0.238 e. The van der Waals surface area contributed by atoms with Crippen LogP contribution in [0.4, 0.5) is 8.78 Å². The van der Waals surface area contributed by atoms with Crippen LogP contribution < -0.4 is 0 Å². The number of rotatable bonds is 8. The molecule has 38 heavy (non-hydrogen) atoms. The van der Waals surface area contributed by atoms with E-state index in [0.29, 0.717) is 6.54 Å². The maximum Gasteiger partial charge on any atom is 0.238 e. The third kappa shape index (κ3) is 5.71. The molecule has 4 rings (SSSR count). The van der Waals surface area contributed by atoms with Gasteiger partial charge in [-0.15, -0.1) is 16.9 Å². The first-order valence-corrected chi connectivity index (χ1v) is 13.2. The van der Waals surface area contributed by atoms with Crippen molar-refractivity contribution < 1.29 is 43.5 Å². The minimum atomic E-state index is -1.46. The van der Waals surface area contributed by atoms with Crippen LogP contribution in [0, 0.1) is 11.6 Å². The van der Waals surface area contributed by atoms with E-state index in [1.807, 2.05) is 0 Å². The zero-order valence-corrected chi connectivity index (χ0v) is 21.8. The lowest BCUT2D eigenvalue weighted by Crippen LogP contribution is -2.58. The lowest BCUT2D eigenvalue weighted by Gasteiger charge is -2.45. The first kappa shape index (κ1) is 28.8. The number of amides is 1. The molecule has 1 amide bonds. The molecule has 4 N–H and O–H groups in total. The van der Waals surface area contributed by atoms with Crippen molar-refractivity contribution >= 4 is 17.7 Å². The van der Waals surface area contributed by atoms with Crippen LogP contribution >= 0.6 is 11.8 Å². The minimum absolute atomic E-state index is 0.161. The largest absolute Gasteiger partial charge is 0.394 e. The summed E-state index contributed by atoms with van der Waals surface area (Å²) in [5.74, 6) is -2.45. The fraction of sp³-hybridized carbons (Fsp3) is 0.625. The number of ether oxygens (including phenoxy) is 2. The number of thioether (sulfide) groups is 1. The number of nitrogens with zero attached hydrogens (tertiary/aromatic N) is 4. The summed E-state index contributed by atoms with van der Waals surface area (Å²) in [7, 11) is 1.61. The van der Waals surface area contributed by atoms with Gasteiger partial charge in [-0.3, -0.25) is 4.79 Å². The number of benzene rings is 1. The van der Waals surface area contributed by atoms with Crippen molar-refractivity contribution in [2.24, 2.45) is 0 Å². The molecule has 3 heterocycles. The maximum absolute atomic E-state index is 13.7. The third-order valence-electron chi connectivity index (χ3n) is 7.07. The minimum Gasteiger partial charge on any atom is -0.394 e. The van der Waals surface area contributed by atoms with Gasteiger partial charge in [0.05, 0.1) is 18.4 Å². The monoisotopic (exact) mass is 558 g/mol. The molecular formula is C24H32F2N4O7S. The molecule has 0 aliphatic carbocycles. The molecule has 14 heteroatoms. The molecule has 2 aliphatic rings. The molecule has 1 aromatic heterocycles. The van der Waals surface area contributed by atoms with Crippen molar-refractivity contribution in [2.75, 3.05) is 33.4 Å². The van der Waals surface area contributed by atoms with E-state index in [9.17, 15) is 34.0 Å². The molecule has 210 valence electrons. The van der Waals surface area contributed by atoms with E-state index >= 15 is 0 Å². The van der Waals surface area contributed by atoms with Gasteiger partial charge in [0.15, 0.2) is 11.6 Å². The quantitative estimate of drug-likeness (QED) is 0.357. The lowest BCUT2D eigenvalue weighted by atomic mass is 9.89. The van der Waals surface area contributed by atoms with Crippen LogP contribution in [0.3, 0.4) is 0 Å². The Morgan fingerprint density at radius 2 is 1.97 bits per heavy atom. The highest BCUT2D eigenvalue weighted by molar-refractivity contribution is 8.01. The Hall–Kier alpha value is -2.20. The number of aromatic nitrogens is 3. The van der Waals surface area contributed by atoms with Crippen molar-refractivity contribution in [1.82, 2.24) is 19.9 Å². The van der Waals surface area contributed by atoms with Crippen LogP contribution in [0.25, 0.3) is 11.3 Å². The molecule has 2 aliphatic heterocycles. The summed E-state index contributed by atoms with van der Waals surface area (Å²) in [6, 6.07) is 2.04. The average Bonchev–Trinajstić information content (AvgIpc) is 3.39. The molecule has 1 unspecified atom stereocenters. The number of hydrogen-bond acceptors (Lipinski definition) is 10. The molecule has 0 radical (unpaired) electrons. The molecule has 0 bridgehead atoms. The Bertz CT molecular complexity index is 1120. The second-order valence-corrected chi connectivity index (χ2v) is 10.7. The first-order valence-electron chi connectivity index (χ1n) is 12.3. The predicted octanol–water partition coefficient (Wildman–Crippen LogP) is 0.325. The van der Waals surface area contributed by atoms with Gasteiger partial charge >= 0.3 is 0 Å². The van der Waals surface area contributed by atoms with Crippen molar-refractivity contribution in [2.45, 2.75) is 60.4 Å². The topological polar surface area (TPSA) is 150 Å². The molecule has 11 nitrogen and oxygen atoms in total. The summed E-state index contributed by atoms with van der Waals surface area (Å²) in [6.45, 7) is 2.11. The molecule has 2 aromatic rings. The molecule has 1 aromatic carbocycles. The third-order valence-corrected chi connectivity index (χ3v) is 8.64. The standard InChI is InChI=1S/C24H32F2N4O7S/c1-3-29(2)22(34)21(24(35)6-8-36-9-7-24)38-23-20(33)18(19(32)17(12-31)37-23)30-11-16(27-28-30)13-4-5-14(25)15(26)10-13/h4-5,10-11,17-21,23,31-33,35H,3,6-9,12H2,1-2H3/t17-,18+,19+,20-,21?,23+/m1/s1. The number of aliphatic hydroxyl groups excluding tert-OH is 3. The zero-order valence-electron chi connectivity index (χ0n) is 21.0.